The third-order valence-electron chi connectivity index (χ3n) is 3.39. The molecular formula is C16H16BrN3. The molecule has 0 amide bonds. The standard InChI is InChI=1S/C16H16BrN3/c1-11-7-12(2)16(14(17)8-11)18-9-13-10-19-20-6-4-3-5-15(13)20/h3-8,10,18H,9H2,1-2H3. The second kappa shape index (κ2) is 5.29. The molecule has 102 valence electrons. The van der Waals surface area contributed by atoms with Crippen molar-refractivity contribution < 1.29 is 0 Å². The zero-order chi connectivity index (χ0) is 14.1. The highest BCUT2D eigenvalue weighted by atomic mass is 79.9. The van der Waals surface area contributed by atoms with Crippen LogP contribution in [0.4, 0.5) is 5.69 Å². The summed E-state index contributed by atoms with van der Waals surface area (Å²) in [6, 6.07) is 10.4. The summed E-state index contributed by atoms with van der Waals surface area (Å²) in [5.74, 6) is 0. The Morgan fingerprint density at radius 1 is 1.25 bits per heavy atom. The van der Waals surface area contributed by atoms with Crippen molar-refractivity contribution in [2.24, 2.45) is 0 Å². The molecule has 1 aromatic carbocycles. The van der Waals surface area contributed by atoms with Gasteiger partial charge in [-0.1, -0.05) is 12.1 Å². The number of nitrogens with zero attached hydrogens (tertiary/aromatic N) is 2. The molecule has 0 bridgehead atoms. The van der Waals surface area contributed by atoms with Gasteiger partial charge < -0.3 is 5.32 Å². The normalized spacial score (nSPS) is 10.9. The average Bonchev–Trinajstić information content (AvgIpc) is 2.81. The molecule has 2 aromatic heterocycles. The SMILES string of the molecule is Cc1cc(C)c(NCc2cnn3ccccc23)c(Br)c1. The second-order valence-electron chi connectivity index (χ2n) is 4.99. The maximum Gasteiger partial charge on any atom is 0.0711 e. The van der Waals surface area contributed by atoms with E-state index in [9.17, 15) is 0 Å². The maximum absolute atomic E-state index is 4.35. The number of fused-ring (bicyclic) bond motifs is 1. The predicted octanol–water partition coefficient (Wildman–Crippen LogP) is 4.33. The van der Waals surface area contributed by atoms with E-state index >= 15 is 0 Å². The van der Waals surface area contributed by atoms with Gasteiger partial charge in [-0.25, -0.2) is 4.52 Å². The van der Waals surface area contributed by atoms with Gasteiger partial charge in [-0.3, -0.25) is 0 Å². The summed E-state index contributed by atoms with van der Waals surface area (Å²) in [5, 5.41) is 7.86. The fraction of sp³-hybridized carbons (Fsp3) is 0.188. The van der Waals surface area contributed by atoms with Gasteiger partial charge in [0, 0.05) is 22.8 Å². The van der Waals surface area contributed by atoms with Crippen LogP contribution in [0, 0.1) is 13.8 Å². The van der Waals surface area contributed by atoms with Crippen LogP contribution in [0.5, 0.6) is 0 Å². The van der Waals surface area contributed by atoms with Crippen molar-refractivity contribution in [2.45, 2.75) is 20.4 Å². The van der Waals surface area contributed by atoms with Crippen LogP contribution in [-0.2, 0) is 6.54 Å². The summed E-state index contributed by atoms with van der Waals surface area (Å²) in [6.45, 7) is 4.99. The average molecular weight is 330 g/mol. The van der Waals surface area contributed by atoms with Crippen LogP contribution < -0.4 is 5.32 Å². The first-order valence-electron chi connectivity index (χ1n) is 6.57. The summed E-state index contributed by atoms with van der Waals surface area (Å²) < 4.78 is 3.00. The van der Waals surface area contributed by atoms with E-state index in [2.05, 4.69) is 58.4 Å². The lowest BCUT2D eigenvalue weighted by molar-refractivity contribution is 0.961. The lowest BCUT2D eigenvalue weighted by Gasteiger charge is -2.12. The zero-order valence-electron chi connectivity index (χ0n) is 11.5. The number of rotatable bonds is 3. The van der Waals surface area contributed by atoms with Gasteiger partial charge in [-0.05, 0) is 59.1 Å². The van der Waals surface area contributed by atoms with E-state index < -0.39 is 0 Å². The van der Waals surface area contributed by atoms with Crippen molar-refractivity contribution in [3.63, 3.8) is 0 Å². The smallest absolute Gasteiger partial charge is 0.0711 e. The number of pyridine rings is 1. The summed E-state index contributed by atoms with van der Waals surface area (Å²) >= 11 is 3.63. The maximum atomic E-state index is 4.35. The van der Waals surface area contributed by atoms with Crippen molar-refractivity contribution in [1.29, 1.82) is 0 Å². The highest BCUT2D eigenvalue weighted by Gasteiger charge is 2.07. The Labute approximate surface area is 126 Å². The Hall–Kier alpha value is -1.81. The largest absolute Gasteiger partial charge is 0.380 e. The van der Waals surface area contributed by atoms with Crippen molar-refractivity contribution in [3.05, 3.63) is 63.9 Å². The fourth-order valence-corrected chi connectivity index (χ4v) is 3.26. The molecule has 2 heterocycles. The van der Waals surface area contributed by atoms with E-state index in [1.54, 1.807) is 0 Å². The molecular weight excluding hydrogens is 314 g/mol. The Morgan fingerprint density at radius 3 is 2.90 bits per heavy atom. The van der Waals surface area contributed by atoms with E-state index in [0.29, 0.717) is 0 Å². The highest BCUT2D eigenvalue weighted by molar-refractivity contribution is 9.10. The Balaban J connectivity index is 1.87. The molecule has 0 aliphatic rings. The van der Waals surface area contributed by atoms with E-state index in [0.717, 1.165) is 22.2 Å². The fourth-order valence-electron chi connectivity index (χ4n) is 2.45. The van der Waals surface area contributed by atoms with Gasteiger partial charge in [0.15, 0.2) is 0 Å². The summed E-state index contributed by atoms with van der Waals surface area (Å²) in [6.07, 6.45) is 3.88. The lowest BCUT2D eigenvalue weighted by atomic mass is 10.1. The van der Waals surface area contributed by atoms with E-state index in [1.807, 2.05) is 29.0 Å². The molecule has 4 heteroatoms. The van der Waals surface area contributed by atoms with Crippen LogP contribution in [0.25, 0.3) is 5.52 Å². The lowest BCUT2D eigenvalue weighted by Crippen LogP contribution is -2.02. The molecule has 3 nitrogen and oxygen atoms in total. The van der Waals surface area contributed by atoms with Crippen LogP contribution in [0.3, 0.4) is 0 Å². The molecule has 0 fully saturated rings. The van der Waals surface area contributed by atoms with Crippen molar-refractivity contribution in [2.75, 3.05) is 5.32 Å². The minimum Gasteiger partial charge on any atom is -0.380 e. The summed E-state index contributed by atoms with van der Waals surface area (Å²) in [5.41, 5.74) is 5.98. The molecule has 0 unspecified atom stereocenters. The third kappa shape index (κ3) is 2.43. The van der Waals surface area contributed by atoms with Crippen molar-refractivity contribution >= 4 is 27.1 Å². The quantitative estimate of drug-likeness (QED) is 0.775. The van der Waals surface area contributed by atoms with Crippen LogP contribution in [0.1, 0.15) is 16.7 Å². The molecule has 3 aromatic rings. The first kappa shape index (κ1) is 13.2. The van der Waals surface area contributed by atoms with Crippen molar-refractivity contribution in [1.82, 2.24) is 9.61 Å². The number of benzene rings is 1. The van der Waals surface area contributed by atoms with Gasteiger partial charge in [0.25, 0.3) is 0 Å². The Kier molecular flexibility index (Phi) is 3.49. The molecule has 1 N–H and O–H groups in total. The number of aromatic nitrogens is 2. The van der Waals surface area contributed by atoms with Gasteiger partial charge in [0.1, 0.15) is 0 Å². The highest BCUT2D eigenvalue weighted by Crippen LogP contribution is 2.28. The minimum absolute atomic E-state index is 0.760. The summed E-state index contributed by atoms with van der Waals surface area (Å²) in [7, 11) is 0. The van der Waals surface area contributed by atoms with Crippen LogP contribution in [0.15, 0.2) is 47.2 Å². The number of nitrogens with one attached hydrogen (secondary N) is 1. The summed E-state index contributed by atoms with van der Waals surface area (Å²) in [4.78, 5) is 0. The first-order valence-corrected chi connectivity index (χ1v) is 7.36. The van der Waals surface area contributed by atoms with Crippen molar-refractivity contribution in [3.8, 4) is 0 Å². The number of halogens is 1. The topological polar surface area (TPSA) is 29.3 Å². The number of hydrogen-bond acceptors (Lipinski definition) is 2. The minimum atomic E-state index is 0.760. The number of hydrogen-bond donors (Lipinski definition) is 1. The number of anilines is 1. The van der Waals surface area contributed by atoms with Gasteiger partial charge >= 0.3 is 0 Å². The molecule has 0 spiro atoms. The molecule has 0 atom stereocenters. The van der Waals surface area contributed by atoms with Gasteiger partial charge in [-0.2, -0.15) is 5.10 Å². The third-order valence-corrected chi connectivity index (χ3v) is 4.02. The number of aryl methyl sites for hydroxylation is 2. The van der Waals surface area contributed by atoms with Gasteiger partial charge in [0.2, 0.25) is 0 Å². The molecule has 0 saturated carbocycles. The van der Waals surface area contributed by atoms with E-state index in [1.165, 1.54) is 16.7 Å². The Bertz CT molecular complexity index is 738. The molecule has 0 radical (unpaired) electrons. The van der Waals surface area contributed by atoms with Crippen LogP contribution in [0.2, 0.25) is 0 Å². The van der Waals surface area contributed by atoms with Gasteiger partial charge in [-0.15, -0.1) is 0 Å². The second-order valence-corrected chi connectivity index (χ2v) is 5.85. The molecule has 20 heavy (non-hydrogen) atoms. The van der Waals surface area contributed by atoms with Crippen LogP contribution >= 0.6 is 15.9 Å². The predicted molar refractivity (Wildman–Crippen MR) is 86.1 cm³/mol. The molecule has 3 rings (SSSR count). The molecule has 0 aliphatic heterocycles. The molecule has 0 saturated heterocycles. The molecule has 0 aliphatic carbocycles. The monoisotopic (exact) mass is 329 g/mol. The zero-order valence-corrected chi connectivity index (χ0v) is 13.1. The Morgan fingerprint density at radius 2 is 2.10 bits per heavy atom. The van der Waals surface area contributed by atoms with Crippen LogP contribution in [-0.4, -0.2) is 9.61 Å². The first-order chi connectivity index (χ1) is 9.65. The van der Waals surface area contributed by atoms with Gasteiger partial charge in [0.05, 0.1) is 17.4 Å². The van der Waals surface area contributed by atoms with E-state index in [4.69, 9.17) is 0 Å². The van der Waals surface area contributed by atoms with E-state index in [-0.39, 0.29) is 0 Å².